The van der Waals surface area contributed by atoms with E-state index >= 15 is 0 Å². The number of para-hydroxylation sites is 1. The number of hydrogen-bond acceptors (Lipinski definition) is 4. The highest BCUT2D eigenvalue weighted by Crippen LogP contribution is 2.16. The van der Waals surface area contributed by atoms with Gasteiger partial charge >= 0.3 is 0 Å². The Morgan fingerprint density at radius 1 is 0.938 bits per heavy atom. The van der Waals surface area contributed by atoms with Crippen LogP contribution in [-0.2, 0) is 11.3 Å². The van der Waals surface area contributed by atoms with Gasteiger partial charge in [0.25, 0.3) is 11.5 Å². The average Bonchev–Trinajstić information content (AvgIpc) is 2.81. The summed E-state index contributed by atoms with van der Waals surface area (Å²) in [5, 5.41) is 0.504. The van der Waals surface area contributed by atoms with Gasteiger partial charge in [-0.2, -0.15) is 0 Å². The van der Waals surface area contributed by atoms with Crippen LogP contribution in [0.4, 0.5) is 0 Å². The Morgan fingerprint density at radius 3 is 2.22 bits per heavy atom. The summed E-state index contributed by atoms with van der Waals surface area (Å²) in [4.78, 5) is 46.5. The molecule has 3 aromatic rings. The van der Waals surface area contributed by atoms with Gasteiger partial charge < -0.3 is 9.80 Å². The van der Waals surface area contributed by atoms with Crippen molar-refractivity contribution in [2.24, 2.45) is 0 Å². The van der Waals surface area contributed by atoms with Crippen LogP contribution in [-0.4, -0.2) is 57.3 Å². The molecule has 2 amide bonds. The van der Waals surface area contributed by atoms with Gasteiger partial charge in [0.05, 0.1) is 10.9 Å². The van der Waals surface area contributed by atoms with Crippen molar-refractivity contribution in [3.05, 3.63) is 75.8 Å². The van der Waals surface area contributed by atoms with E-state index in [4.69, 9.17) is 0 Å². The van der Waals surface area contributed by atoms with E-state index in [9.17, 15) is 14.4 Å². The average molecular weight is 433 g/mol. The number of aromatic nitrogens is 2. The molecule has 0 spiro atoms. The lowest BCUT2D eigenvalue weighted by atomic mass is 10.0. The van der Waals surface area contributed by atoms with E-state index in [-0.39, 0.29) is 23.9 Å². The summed E-state index contributed by atoms with van der Waals surface area (Å²) in [7, 11) is 0. The molecule has 32 heavy (non-hydrogen) atoms. The van der Waals surface area contributed by atoms with Crippen molar-refractivity contribution in [2.45, 2.75) is 33.2 Å². The Morgan fingerprint density at radius 2 is 1.56 bits per heavy atom. The van der Waals surface area contributed by atoms with E-state index in [1.165, 1.54) is 10.1 Å². The number of hydrogen-bond donors (Lipinski definition) is 0. The molecule has 0 bridgehead atoms. The number of piperazine rings is 1. The van der Waals surface area contributed by atoms with Crippen LogP contribution in [0.15, 0.2) is 53.3 Å². The van der Waals surface area contributed by atoms with Crippen LogP contribution in [0.1, 0.15) is 41.5 Å². The van der Waals surface area contributed by atoms with Gasteiger partial charge in [-0.05, 0) is 42.7 Å². The summed E-state index contributed by atoms with van der Waals surface area (Å²) in [6, 6.07) is 14.9. The molecule has 0 aliphatic carbocycles. The zero-order valence-corrected chi connectivity index (χ0v) is 18.7. The first-order valence-corrected chi connectivity index (χ1v) is 11.0. The minimum absolute atomic E-state index is 0.0156. The number of aryl methyl sites for hydroxylation is 1. The Balaban J connectivity index is 1.40. The highest BCUT2D eigenvalue weighted by Gasteiger charge is 2.25. The maximum absolute atomic E-state index is 12.9. The van der Waals surface area contributed by atoms with Gasteiger partial charge in [-0.15, -0.1) is 0 Å². The molecule has 1 aliphatic heterocycles. The molecule has 1 aliphatic rings. The zero-order chi connectivity index (χ0) is 22.8. The van der Waals surface area contributed by atoms with Gasteiger partial charge in [-0.25, -0.2) is 4.98 Å². The third-order valence-electron chi connectivity index (χ3n) is 6.09. The number of benzene rings is 2. The lowest BCUT2D eigenvalue weighted by Crippen LogP contribution is -2.51. The van der Waals surface area contributed by atoms with Crippen LogP contribution in [0.3, 0.4) is 0 Å². The summed E-state index contributed by atoms with van der Waals surface area (Å²) in [5.74, 6) is 0.780. The minimum Gasteiger partial charge on any atom is -0.338 e. The van der Waals surface area contributed by atoms with Crippen molar-refractivity contribution in [3.8, 4) is 0 Å². The molecule has 0 saturated carbocycles. The van der Waals surface area contributed by atoms with Crippen LogP contribution in [0.25, 0.3) is 10.9 Å². The van der Waals surface area contributed by atoms with Crippen LogP contribution in [0.2, 0.25) is 0 Å². The highest BCUT2D eigenvalue weighted by atomic mass is 16.2. The molecule has 7 nitrogen and oxygen atoms in total. The van der Waals surface area contributed by atoms with E-state index in [0.717, 1.165) is 0 Å². The summed E-state index contributed by atoms with van der Waals surface area (Å²) < 4.78 is 1.43. The van der Waals surface area contributed by atoms with Gasteiger partial charge in [-0.1, -0.05) is 38.1 Å². The molecule has 1 fully saturated rings. The lowest BCUT2D eigenvalue weighted by molar-refractivity contribution is -0.133. The van der Waals surface area contributed by atoms with Crippen LogP contribution in [0, 0.1) is 6.92 Å². The monoisotopic (exact) mass is 432 g/mol. The minimum atomic E-state index is -0.208. The predicted octanol–water partition coefficient (Wildman–Crippen LogP) is 2.81. The number of amides is 2. The maximum atomic E-state index is 12.9. The Labute approximate surface area is 187 Å². The molecule has 1 saturated heterocycles. The normalized spacial score (nSPS) is 14.2. The third kappa shape index (κ3) is 4.28. The first kappa shape index (κ1) is 21.7. The largest absolute Gasteiger partial charge is 0.338 e. The van der Waals surface area contributed by atoms with Crippen molar-refractivity contribution in [1.82, 2.24) is 19.4 Å². The molecule has 166 valence electrons. The molecule has 0 atom stereocenters. The van der Waals surface area contributed by atoms with Gasteiger partial charge in [0.1, 0.15) is 12.4 Å². The van der Waals surface area contributed by atoms with Crippen LogP contribution < -0.4 is 5.56 Å². The van der Waals surface area contributed by atoms with Gasteiger partial charge in [0.15, 0.2) is 0 Å². The fourth-order valence-corrected chi connectivity index (χ4v) is 4.05. The van der Waals surface area contributed by atoms with Crippen LogP contribution >= 0.6 is 0 Å². The Kier molecular flexibility index (Phi) is 6.08. The molecule has 2 heterocycles. The first-order chi connectivity index (χ1) is 15.3. The molecular formula is C25H28N4O3. The summed E-state index contributed by atoms with van der Waals surface area (Å²) in [6.45, 7) is 7.77. The van der Waals surface area contributed by atoms with Crippen molar-refractivity contribution < 1.29 is 9.59 Å². The standard InChI is InChI=1S/C25H28N4O3/c1-17(2)19-8-10-20(11-9-19)24(31)28-14-12-27(13-15-28)23(30)16-29-18(3)26-22-7-5-4-6-21(22)25(29)32/h4-11,17H,12-16H2,1-3H3. The quantitative estimate of drug-likeness (QED) is 0.635. The number of nitrogens with zero attached hydrogens (tertiary/aromatic N) is 4. The molecule has 1 aromatic heterocycles. The summed E-state index contributed by atoms with van der Waals surface area (Å²) >= 11 is 0. The topological polar surface area (TPSA) is 75.5 Å². The van der Waals surface area contributed by atoms with Crippen molar-refractivity contribution in [1.29, 1.82) is 0 Å². The number of carbonyl (C=O) groups excluding carboxylic acids is 2. The SMILES string of the molecule is Cc1nc2ccccc2c(=O)n1CC(=O)N1CCN(C(=O)c2ccc(C(C)C)cc2)CC1. The molecule has 4 rings (SSSR count). The molecule has 7 heteroatoms. The number of fused-ring (bicyclic) bond motifs is 1. The van der Waals surface area contributed by atoms with Crippen molar-refractivity contribution in [2.75, 3.05) is 26.2 Å². The van der Waals surface area contributed by atoms with E-state index in [1.807, 2.05) is 30.3 Å². The van der Waals surface area contributed by atoms with Crippen molar-refractivity contribution >= 4 is 22.7 Å². The van der Waals surface area contributed by atoms with E-state index in [0.29, 0.717) is 54.4 Å². The van der Waals surface area contributed by atoms with Gasteiger partial charge in [-0.3, -0.25) is 19.0 Å². The summed E-state index contributed by atoms with van der Waals surface area (Å²) in [5.41, 5.74) is 2.29. The van der Waals surface area contributed by atoms with E-state index in [1.54, 1.807) is 34.9 Å². The number of carbonyl (C=O) groups is 2. The van der Waals surface area contributed by atoms with Gasteiger partial charge in [0, 0.05) is 31.7 Å². The fraction of sp³-hybridized carbons (Fsp3) is 0.360. The van der Waals surface area contributed by atoms with Gasteiger partial charge in [0.2, 0.25) is 5.91 Å². The third-order valence-corrected chi connectivity index (χ3v) is 6.09. The second-order valence-electron chi connectivity index (χ2n) is 8.52. The van der Waals surface area contributed by atoms with Crippen LogP contribution in [0.5, 0.6) is 0 Å². The predicted molar refractivity (Wildman–Crippen MR) is 124 cm³/mol. The first-order valence-electron chi connectivity index (χ1n) is 11.0. The Hall–Kier alpha value is -3.48. The van der Waals surface area contributed by atoms with Crippen molar-refractivity contribution in [3.63, 3.8) is 0 Å². The second kappa shape index (κ2) is 8.94. The zero-order valence-electron chi connectivity index (χ0n) is 18.7. The molecule has 0 N–H and O–H groups in total. The van der Waals surface area contributed by atoms with E-state index in [2.05, 4.69) is 18.8 Å². The molecule has 2 aromatic carbocycles. The lowest BCUT2D eigenvalue weighted by Gasteiger charge is -2.35. The molecular weight excluding hydrogens is 404 g/mol. The molecule has 0 radical (unpaired) electrons. The van der Waals surface area contributed by atoms with E-state index < -0.39 is 0 Å². The Bertz CT molecular complexity index is 1210. The summed E-state index contributed by atoms with van der Waals surface area (Å²) in [6.07, 6.45) is 0. The molecule has 0 unspecified atom stereocenters. The highest BCUT2D eigenvalue weighted by molar-refractivity contribution is 5.94. The maximum Gasteiger partial charge on any atom is 0.261 e. The fourth-order valence-electron chi connectivity index (χ4n) is 4.05. The smallest absolute Gasteiger partial charge is 0.261 e. The number of rotatable bonds is 4. The second-order valence-corrected chi connectivity index (χ2v) is 8.52.